The molecule has 1 heterocycles. The minimum atomic E-state index is -0.619. The number of halogens is 1. The molecule has 0 N–H and O–H groups in total. The second kappa shape index (κ2) is 9.03. The molecule has 0 bridgehead atoms. The molecule has 1 aromatic carbocycles. The molecule has 1 amide bonds. The summed E-state index contributed by atoms with van der Waals surface area (Å²) in [5.41, 5.74) is 1.19. The Bertz CT molecular complexity index is 717. The highest BCUT2D eigenvalue weighted by Gasteiger charge is 2.14. The van der Waals surface area contributed by atoms with E-state index in [9.17, 15) is 9.59 Å². The third-order valence-corrected chi connectivity index (χ3v) is 3.59. The van der Waals surface area contributed by atoms with E-state index in [4.69, 9.17) is 21.1 Å². The molecular weight excluding hydrogens is 344 g/mol. The van der Waals surface area contributed by atoms with Crippen LogP contribution in [0.15, 0.2) is 42.6 Å². The van der Waals surface area contributed by atoms with Crippen molar-refractivity contribution in [3.8, 4) is 5.75 Å². The fourth-order valence-electron chi connectivity index (χ4n) is 2.04. The van der Waals surface area contributed by atoms with Crippen molar-refractivity contribution in [3.05, 3.63) is 58.9 Å². The van der Waals surface area contributed by atoms with Crippen LogP contribution in [-0.4, -0.2) is 42.0 Å². The van der Waals surface area contributed by atoms with E-state index in [-0.39, 0.29) is 23.2 Å². The molecule has 0 spiro atoms. The average molecular weight is 363 g/mol. The molecule has 0 unspecified atom stereocenters. The molecule has 7 heteroatoms. The summed E-state index contributed by atoms with van der Waals surface area (Å²) in [6.45, 7) is 2.59. The molecule has 2 rings (SSSR count). The van der Waals surface area contributed by atoms with Gasteiger partial charge in [0, 0.05) is 19.8 Å². The number of nitrogens with zero attached hydrogens (tertiary/aromatic N) is 2. The highest BCUT2D eigenvalue weighted by atomic mass is 35.5. The normalized spacial score (nSPS) is 10.2. The van der Waals surface area contributed by atoms with Crippen LogP contribution in [0.25, 0.3) is 0 Å². The fraction of sp³-hybridized carbons (Fsp3) is 0.278. The predicted molar refractivity (Wildman–Crippen MR) is 93.6 cm³/mol. The number of hydrogen-bond acceptors (Lipinski definition) is 5. The van der Waals surface area contributed by atoms with Gasteiger partial charge in [-0.05, 0) is 36.8 Å². The van der Waals surface area contributed by atoms with E-state index in [0.717, 1.165) is 11.3 Å². The van der Waals surface area contributed by atoms with Crippen molar-refractivity contribution >= 4 is 23.5 Å². The zero-order valence-corrected chi connectivity index (χ0v) is 14.8. The monoisotopic (exact) mass is 362 g/mol. The number of esters is 1. The smallest absolute Gasteiger partial charge is 0.340 e. The maximum Gasteiger partial charge on any atom is 0.340 e. The Labute approximate surface area is 151 Å². The van der Waals surface area contributed by atoms with Gasteiger partial charge in [-0.3, -0.25) is 4.79 Å². The lowest BCUT2D eigenvalue weighted by molar-refractivity contribution is -0.133. The first-order valence-corrected chi connectivity index (χ1v) is 8.11. The van der Waals surface area contributed by atoms with Crippen LogP contribution in [0.5, 0.6) is 5.75 Å². The Kier molecular flexibility index (Phi) is 6.77. The number of rotatable bonds is 7. The summed E-state index contributed by atoms with van der Waals surface area (Å²) in [6, 6.07) is 10.5. The molecule has 0 saturated carbocycles. The van der Waals surface area contributed by atoms with Crippen molar-refractivity contribution in [2.75, 3.05) is 20.3 Å². The topological polar surface area (TPSA) is 68.7 Å². The van der Waals surface area contributed by atoms with E-state index in [1.54, 1.807) is 7.05 Å². The SMILES string of the molecule is CCOc1ccc(CN(C)C(=O)COC(=O)c2ccc(Cl)nc2)cc1. The first kappa shape index (κ1) is 18.7. The second-order valence-electron chi connectivity index (χ2n) is 5.27. The molecule has 2 aromatic rings. The molecule has 0 radical (unpaired) electrons. The molecular formula is C18H19ClN2O4. The van der Waals surface area contributed by atoms with Crippen molar-refractivity contribution in [1.29, 1.82) is 0 Å². The third kappa shape index (κ3) is 5.76. The van der Waals surface area contributed by atoms with Crippen LogP contribution in [0, 0.1) is 0 Å². The maximum absolute atomic E-state index is 12.1. The van der Waals surface area contributed by atoms with Crippen LogP contribution < -0.4 is 4.74 Å². The summed E-state index contributed by atoms with van der Waals surface area (Å²) in [5, 5.41) is 0.280. The summed E-state index contributed by atoms with van der Waals surface area (Å²) >= 11 is 5.66. The molecule has 1 aromatic heterocycles. The van der Waals surface area contributed by atoms with Crippen LogP contribution >= 0.6 is 11.6 Å². The molecule has 0 atom stereocenters. The van der Waals surface area contributed by atoms with E-state index in [0.29, 0.717) is 13.2 Å². The van der Waals surface area contributed by atoms with Crippen molar-refractivity contribution in [1.82, 2.24) is 9.88 Å². The van der Waals surface area contributed by atoms with Crippen LogP contribution in [0.2, 0.25) is 5.15 Å². The lowest BCUT2D eigenvalue weighted by Crippen LogP contribution is -2.30. The minimum absolute atomic E-state index is 0.242. The van der Waals surface area contributed by atoms with Gasteiger partial charge in [-0.15, -0.1) is 0 Å². The van der Waals surface area contributed by atoms with Crippen molar-refractivity contribution in [3.63, 3.8) is 0 Å². The van der Waals surface area contributed by atoms with Crippen LogP contribution in [0.3, 0.4) is 0 Å². The number of aromatic nitrogens is 1. The van der Waals surface area contributed by atoms with Gasteiger partial charge in [0.1, 0.15) is 10.9 Å². The molecule has 0 aliphatic carbocycles. The average Bonchev–Trinajstić information content (AvgIpc) is 2.61. The third-order valence-electron chi connectivity index (χ3n) is 3.37. The minimum Gasteiger partial charge on any atom is -0.494 e. The van der Waals surface area contributed by atoms with Gasteiger partial charge in [0.05, 0.1) is 12.2 Å². The number of pyridine rings is 1. The van der Waals surface area contributed by atoms with E-state index < -0.39 is 5.97 Å². The van der Waals surface area contributed by atoms with Crippen LogP contribution in [-0.2, 0) is 16.1 Å². The maximum atomic E-state index is 12.1. The van der Waals surface area contributed by atoms with Crippen LogP contribution in [0.1, 0.15) is 22.8 Å². The number of likely N-dealkylation sites (N-methyl/N-ethyl adjacent to an activating group) is 1. The van der Waals surface area contributed by atoms with E-state index in [2.05, 4.69) is 4.98 Å². The van der Waals surface area contributed by atoms with Crippen molar-refractivity contribution in [2.45, 2.75) is 13.5 Å². The van der Waals surface area contributed by atoms with E-state index >= 15 is 0 Å². The second-order valence-corrected chi connectivity index (χ2v) is 5.66. The number of carbonyl (C=O) groups is 2. The molecule has 0 aliphatic rings. The molecule has 0 saturated heterocycles. The summed E-state index contributed by atoms with van der Waals surface area (Å²) in [5.74, 6) is -0.137. The zero-order valence-electron chi connectivity index (χ0n) is 14.1. The van der Waals surface area contributed by atoms with Gasteiger partial charge >= 0.3 is 5.97 Å². The summed E-state index contributed by atoms with van der Waals surface area (Å²) < 4.78 is 10.4. The van der Waals surface area contributed by atoms with Crippen molar-refractivity contribution < 1.29 is 19.1 Å². The predicted octanol–water partition coefficient (Wildman–Crippen LogP) is 2.95. The molecule has 0 aliphatic heterocycles. The van der Waals surface area contributed by atoms with Gasteiger partial charge in [-0.2, -0.15) is 0 Å². The summed E-state index contributed by atoms with van der Waals surface area (Å²) in [6.07, 6.45) is 1.30. The first-order chi connectivity index (χ1) is 12.0. The standard InChI is InChI=1S/C18H19ClN2O4/c1-3-24-15-7-4-13(5-8-15)11-21(2)17(22)12-25-18(23)14-6-9-16(19)20-10-14/h4-10H,3,11-12H2,1-2H3. The van der Waals surface area contributed by atoms with Gasteiger partial charge in [0.25, 0.3) is 5.91 Å². The Morgan fingerprint density at radius 2 is 1.88 bits per heavy atom. The highest BCUT2D eigenvalue weighted by molar-refractivity contribution is 6.29. The van der Waals surface area contributed by atoms with Gasteiger partial charge in [-0.25, -0.2) is 9.78 Å². The van der Waals surface area contributed by atoms with Gasteiger partial charge in [0.2, 0.25) is 0 Å². The molecule has 6 nitrogen and oxygen atoms in total. The Morgan fingerprint density at radius 1 is 1.16 bits per heavy atom. The van der Waals surface area contributed by atoms with Gasteiger partial charge < -0.3 is 14.4 Å². The Balaban J connectivity index is 1.83. The number of amides is 1. The Hall–Kier alpha value is -2.60. The largest absolute Gasteiger partial charge is 0.494 e. The zero-order chi connectivity index (χ0) is 18.2. The quantitative estimate of drug-likeness (QED) is 0.559. The highest BCUT2D eigenvalue weighted by Crippen LogP contribution is 2.13. The summed E-state index contributed by atoms with van der Waals surface area (Å²) in [4.78, 5) is 29.2. The van der Waals surface area contributed by atoms with E-state index in [1.807, 2.05) is 31.2 Å². The van der Waals surface area contributed by atoms with E-state index in [1.165, 1.54) is 23.2 Å². The Morgan fingerprint density at radius 3 is 2.48 bits per heavy atom. The number of hydrogen-bond donors (Lipinski definition) is 0. The lowest BCUT2D eigenvalue weighted by atomic mass is 10.2. The van der Waals surface area contributed by atoms with Crippen LogP contribution in [0.4, 0.5) is 0 Å². The van der Waals surface area contributed by atoms with Gasteiger partial charge in [-0.1, -0.05) is 23.7 Å². The fourth-order valence-corrected chi connectivity index (χ4v) is 2.15. The summed E-state index contributed by atoms with van der Waals surface area (Å²) in [7, 11) is 1.65. The van der Waals surface area contributed by atoms with Crippen molar-refractivity contribution in [2.24, 2.45) is 0 Å². The molecule has 25 heavy (non-hydrogen) atoms. The molecule has 0 fully saturated rings. The lowest BCUT2D eigenvalue weighted by Gasteiger charge is -2.17. The number of benzene rings is 1. The molecule has 132 valence electrons. The van der Waals surface area contributed by atoms with Gasteiger partial charge in [0.15, 0.2) is 6.61 Å². The number of carbonyl (C=O) groups excluding carboxylic acids is 2. The first-order valence-electron chi connectivity index (χ1n) is 7.74. The number of ether oxygens (including phenoxy) is 2.